The number of fused-ring (bicyclic) bond motifs is 1. The Morgan fingerprint density at radius 2 is 1.89 bits per heavy atom. The molecule has 0 unspecified atom stereocenters. The summed E-state index contributed by atoms with van der Waals surface area (Å²) in [4.78, 5) is 17.2. The maximum Gasteiger partial charge on any atom is 0.320 e. The third-order valence-corrected chi connectivity index (χ3v) is 9.23. The zero-order valence-electron chi connectivity index (χ0n) is 21.9. The minimum absolute atomic E-state index is 0.352. The number of hydrogen-bond acceptors (Lipinski definition) is 5. The molecule has 1 aromatic carbocycles. The van der Waals surface area contributed by atoms with Gasteiger partial charge in [0.15, 0.2) is 5.65 Å². The van der Waals surface area contributed by atoms with E-state index in [1.807, 2.05) is 18.2 Å². The van der Waals surface area contributed by atoms with Crippen molar-refractivity contribution < 1.29 is 9.90 Å². The number of hydrogen-bond donors (Lipinski definition) is 1. The molecule has 7 heteroatoms. The Bertz CT molecular complexity index is 1230. The summed E-state index contributed by atoms with van der Waals surface area (Å²) in [5.74, 6) is 2.28. The van der Waals surface area contributed by atoms with Crippen molar-refractivity contribution in [3.05, 3.63) is 65.6 Å². The Morgan fingerprint density at radius 3 is 2.62 bits per heavy atom. The van der Waals surface area contributed by atoms with E-state index >= 15 is 0 Å². The third-order valence-electron chi connectivity index (χ3n) is 9.23. The van der Waals surface area contributed by atoms with Gasteiger partial charge in [-0.05, 0) is 68.8 Å². The first-order valence-electron chi connectivity index (χ1n) is 14.1. The number of carboxylic acid groups (broad SMARTS) is 1. The number of aryl methyl sites for hydroxylation is 1. The van der Waals surface area contributed by atoms with E-state index < -0.39 is 5.97 Å². The number of carboxylic acids is 1. The van der Waals surface area contributed by atoms with Gasteiger partial charge < -0.3 is 10.0 Å². The van der Waals surface area contributed by atoms with Crippen molar-refractivity contribution >= 4 is 11.6 Å². The largest absolute Gasteiger partial charge is 0.480 e. The zero-order valence-corrected chi connectivity index (χ0v) is 21.9. The SMILES string of the molecule is Cc1cccc([C@H]2CN([C@H](CC3CCC3)C(=O)O)C[C@@H]2CN2CCC(c3nnc4ccccn34)CC2)c1. The van der Waals surface area contributed by atoms with Crippen LogP contribution < -0.4 is 0 Å². The summed E-state index contributed by atoms with van der Waals surface area (Å²) in [6.07, 6.45) is 8.68. The first-order chi connectivity index (χ1) is 18.0. The molecule has 3 atom stereocenters. The summed E-state index contributed by atoms with van der Waals surface area (Å²) < 4.78 is 2.14. The van der Waals surface area contributed by atoms with E-state index in [1.54, 1.807) is 0 Å². The van der Waals surface area contributed by atoms with Crippen molar-refractivity contribution in [2.75, 3.05) is 32.7 Å². The van der Waals surface area contributed by atoms with Crippen molar-refractivity contribution in [3.63, 3.8) is 0 Å². The van der Waals surface area contributed by atoms with Crippen LogP contribution in [0.15, 0.2) is 48.7 Å². The van der Waals surface area contributed by atoms with Crippen LogP contribution in [0.3, 0.4) is 0 Å². The number of likely N-dealkylation sites (tertiary alicyclic amines) is 2. The molecule has 0 radical (unpaired) electrons. The van der Waals surface area contributed by atoms with Crippen LogP contribution in [0.4, 0.5) is 0 Å². The first kappa shape index (κ1) is 24.6. The highest BCUT2D eigenvalue weighted by Crippen LogP contribution is 2.39. The lowest BCUT2D eigenvalue weighted by atomic mass is 9.80. The molecule has 196 valence electrons. The minimum atomic E-state index is -0.642. The lowest BCUT2D eigenvalue weighted by Crippen LogP contribution is -2.43. The molecule has 7 nitrogen and oxygen atoms in total. The number of rotatable bonds is 8. The molecule has 4 heterocycles. The van der Waals surface area contributed by atoms with Crippen LogP contribution in [0.2, 0.25) is 0 Å². The Kier molecular flexibility index (Phi) is 7.00. The van der Waals surface area contributed by atoms with Crippen molar-refractivity contribution in [1.82, 2.24) is 24.4 Å². The van der Waals surface area contributed by atoms with Gasteiger partial charge in [-0.25, -0.2) is 0 Å². The second-order valence-corrected chi connectivity index (χ2v) is 11.7. The predicted molar refractivity (Wildman–Crippen MR) is 144 cm³/mol. The lowest BCUT2D eigenvalue weighted by Gasteiger charge is -2.34. The molecule has 2 saturated heterocycles. The second-order valence-electron chi connectivity index (χ2n) is 11.7. The van der Waals surface area contributed by atoms with Crippen LogP contribution in [-0.4, -0.2) is 74.2 Å². The molecule has 3 fully saturated rings. The van der Waals surface area contributed by atoms with Crippen LogP contribution in [0.5, 0.6) is 0 Å². The Labute approximate surface area is 219 Å². The van der Waals surface area contributed by atoms with Crippen molar-refractivity contribution in [2.45, 2.75) is 63.3 Å². The second kappa shape index (κ2) is 10.5. The monoisotopic (exact) mass is 501 g/mol. The highest BCUT2D eigenvalue weighted by molar-refractivity contribution is 5.73. The van der Waals surface area contributed by atoms with Gasteiger partial charge >= 0.3 is 5.97 Å². The molecular formula is C30H39N5O2. The normalized spacial score (nSPS) is 24.9. The summed E-state index contributed by atoms with van der Waals surface area (Å²) in [5, 5.41) is 19.0. The number of aromatic nitrogens is 3. The standard InChI is InChI=1S/C30H39N5O2/c1-21-6-4-9-24(16-21)26-20-34(27(30(36)37)17-22-7-5-8-22)19-25(26)18-33-14-11-23(12-15-33)29-32-31-28-10-2-3-13-35(28)29/h2-4,6,9-10,13,16,22-23,25-27H,5,7-8,11-12,14-15,17-20H2,1H3,(H,36,37)/t25-,26+,27+/m0/s1. The topological polar surface area (TPSA) is 74.0 Å². The lowest BCUT2D eigenvalue weighted by molar-refractivity contribution is -0.144. The van der Waals surface area contributed by atoms with Crippen LogP contribution in [0.25, 0.3) is 5.65 Å². The number of pyridine rings is 1. The number of piperidine rings is 1. The molecule has 3 aliphatic rings. The first-order valence-corrected chi connectivity index (χ1v) is 14.1. The fourth-order valence-electron chi connectivity index (χ4n) is 6.92. The molecule has 1 aliphatic carbocycles. The smallest absolute Gasteiger partial charge is 0.320 e. The quantitative estimate of drug-likeness (QED) is 0.487. The summed E-state index contributed by atoms with van der Waals surface area (Å²) in [7, 11) is 0. The molecule has 1 saturated carbocycles. The summed E-state index contributed by atoms with van der Waals surface area (Å²) in [5.41, 5.74) is 3.56. The van der Waals surface area contributed by atoms with Gasteiger partial charge in [0.2, 0.25) is 0 Å². The molecular weight excluding hydrogens is 462 g/mol. The van der Waals surface area contributed by atoms with E-state index in [2.05, 4.69) is 61.8 Å². The van der Waals surface area contributed by atoms with Gasteiger partial charge in [0.25, 0.3) is 0 Å². The summed E-state index contributed by atoms with van der Waals surface area (Å²) in [6, 6.07) is 14.6. The van der Waals surface area contributed by atoms with E-state index in [0.717, 1.165) is 63.5 Å². The summed E-state index contributed by atoms with van der Waals surface area (Å²) >= 11 is 0. The van der Waals surface area contributed by atoms with Gasteiger partial charge in [0.1, 0.15) is 11.9 Å². The summed E-state index contributed by atoms with van der Waals surface area (Å²) in [6.45, 7) is 7.00. The molecule has 0 spiro atoms. The van der Waals surface area contributed by atoms with E-state index in [9.17, 15) is 9.90 Å². The number of carbonyl (C=O) groups is 1. The minimum Gasteiger partial charge on any atom is -0.480 e. The molecule has 1 N–H and O–H groups in total. The highest BCUT2D eigenvalue weighted by atomic mass is 16.4. The van der Waals surface area contributed by atoms with Crippen molar-refractivity contribution in [3.8, 4) is 0 Å². The van der Waals surface area contributed by atoms with Crippen LogP contribution in [-0.2, 0) is 4.79 Å². The molecule has 0 amide bonds. The molecule has 2 aromatic heterocycles. The van der Waals surface area contributed by atoms with E-state index in [-0.39, 0.29) is 6.04 Å². The van der Waals surface area contributed by atoms with Gasteiger partial charge in [-0.1, -0.05) is 55.2 Å². The van der Waals surface area contributed by atoms with Crippen molar-refractivity contribution in [1.29, 1.82) is 0 Å². The Balaban J connectivity index is 1.15. The van der Waals surface area contributed by atoms with E-state index in [1.165, 1.54) is 30.4 Å². The van der Waals surface area contributed by atoms with Gasteiger partial charge in [-0.15, -0.1) is 10.2 Å². The average molecular weight is 502 g/mol. The third kappa shape index (κ3) is 5.16. The van der Waals surface area contributed by atoms with Crippen LogP contribution in [0.1, 0.15) is 67.3 Å². The van der Waals surface area contributed by atoms with Crippen LogP contribution >= 0.6 is 0 Å². The van der Waals surface area contributed by atoms with Gasteiger partial charge in [-0.3, -0.25) is 14.1 Å². The molecule has 2 aliphatic heterocycles. The maximum absolute atomic E-state index is 12.3. The van der Waals surface area contributed by atoms with Crippen molar-refractivity contribution in [2.24, 2.45) is 11.8 Å². The number of nitrogens with zero attached hydrogens (tertiary/aromatic N) is 5. The highest BCUT2D eigenvalue weighted by Gasteiger charge is 2.41. The molecule has 37 heavy (non-hydrogen) atoms. The van der Waals surface area contributed by atoms with E-state index in [4.69, 9.17) is 0 Å². The average Bonchev–Trinajstić information content (AvgIpc) is 3.48. The zero-order chi connectivity index (χ0) is 25.4. The molecule has 6 rings (SSSR count). The van der Waals surface area contributed by atoms with Gasteiger partial charge in [-0.2, -0.15) is 0 Å². The van der Waals surface area contributed by atoms with Gasteiger partial charge in [0.05, 0.1) is 0 Å². The predicted octanol–water partition coefficient (Wildman–Crippen LogP) is 4.58. The molecule has 0 bridgehead atoms. The Morgan fingerprint density at radius 1 is 1.05 bits per heavy atom. The number of aliphatic carboxylic acids is 1. The fourth-order valence-corrected chi connectivity index (χ4v) is 6.92. The Hall–Kier alpha value is -2.77. The molecule has 3 aromatic rings. The van der Waals surface area contributed by atoms with Gasteiger partial charge in [0, 0.05) is 37.7 Å². The number of benzene rings is 1. The van der Waals surface area contributed by atoms with E-state index in [0.29, 0.717) is 23.7 Å². The maximum atomic E-state index is 12.3. The van der Waals surface area contributed by atoms with Crippen LogP contribution in [0, 0.1) is 18.8 Å². The fraction of sp³-hybridized carbons (Fsp3) is 0.567.